The van der Waals surface area contributed by atoms with E-state index in [1.165, 1.54) is 4.90 Å². The highest BCUT2D eigenvalue weighted by atomic mass is 16.5. The van der Waals surface area contributed by atoms with Crippen LogP contribution in [0.1, 0.15) is 39.2 Å². The number of benzene rings is 1. The molecule has 0 bridgehead atoms. The van der Waals surface area contributed by atoms with E-state index in [-0.39, 0.29) is 49.8 Å². The lowest BCUT2D eigenvalue weighted by Gasteiger charge is -2.30. The minimum absolute atomic E-state index is 0.00915. The van der Waals surface area contributed by atoms with Gasteiger partial charge in [-0.2, -0.15) is 0 Å². The van der Waals surface area contributed by atoms with Crippen LogP contribution in [0.3, 0.4) is 0 Å². The highest BCUT2D eigenvalue weighted by Gasteiger charge is 2.39. The van der Waals surface area contributed by atoms with Gasteiger partial charge in [0.05, 0.1) is 6.54 Å². The Kier molecular flexibility index (Phi) is 8.20. The Bertz CT molecular complexity index is 766. The van der Waals surface area contributed by atoms with Crippen molar-refractivity contribution in [3.63, 3.8) is 0 Å². The summed E-state index contributed by atoms with van der Waals surface area (Å²) < 4.78 is 5.14. The fourth-order valence-electron chi connectivity index (χ4n) is 3.06. The fourth-order valence-corrected chi connectivity index (χ4v) is 3.06. The minimum Gasteiger partial charge on any atom is -0.445 e. The molecule has 1 atom stereocenters. The van der Waals surface area contributed by atoms with E-state index < -0.39 is 11.8 Å². The molecular weight excluding hydrogens is 388 g/mol. The largest absolute Gasteiger partial charge is 0.445 e. The highest BCUT2D eigenvalue weighted by molar-refractivity contribution is 5.91. The molecule has 3 N–H and O–H groups in total. The first-order chi connectivity index (χ1) is 14.2. The molecule has 1 saturated heterocycles. The molecule has 0 spiro atoms. The molecule has 1 aliphatic rings. The average Bonchev–Trinajstić information content (AvgIpc) is 3.00. The molecule has 1 aromatic rings. The SMILES string of the molecule is CC(CCC(=O)NCC(=O)N1CC(=O)NC1(C)C)CNC(=O)OCc1ccccc1. The summed E-state index contributed by atoms with van der Waals surface area (Å²) in [6.07, 6.45) is 0.279. The first-order valence-electron chi connectivity index (χ1n) is 10.00. The normalized spacial score (nSPS) is 15.8. The Morgan fingerprint density at radius 1 is 1.20 bits per heavy atom. The van der Waals surface area contributed by atoms with Gasteiger partial charge in [0.25, 0.3) is 0 Å². The first-order valence-corrected chi connectivity index (χ1v) is 10.00. The number of nitrogens with zero attached hydrogens (tertiary/aromatic N) is 1. The number of rotatable bonds is 9. The van der Waals surface area contributed by atoms with Crippen molar-refractivity contribution in [2.24, 2.45) is 5.92 Å². The lowest BCUT2D eigenvalue weighted by Crippen LogP contribution is -2.51. The summed E-state index contributed by atoms with van der Waals surface area (Å²) in [5.74, 6) is -0.723. The van der Waals surface area contributed by atoms with Gasteiger partial charge < -0.3 is 25.6 Å². The van der Waals surface area contributed by atoms with Gasteiger partial charge in [0.1, 0.15) is 18.8 Å². The molecule has 9 nitrogen and oxygen atoms in total. The maximum atomic E-state index is 12.2. The van der Waals surface area contributed by atoms with Gasteiger partial charge in [0.2, 0.25) is 17.7 Å². The number of alkyl carbamates (subject to hydrolysis) is 1. The predicted molar refractivity (Wildman–Crippen MR) is 110 cm³/mol. The molecule has 1 aromatic carbocycles. The van der Waals surface area contributed by atoms with Crippen molar-refractivity contribution in [3.05, 3.63) is 35.9 Å². The number of nitrogens with one attached hydrogen (secondary N) is 3. The van der Waals surface area contributed by atoms with Crippen molar-refractivity contribution in [2.75, 3.05) is 19.6 Å². The number of ether oxygens (including phenoxy) is 1. The standard InChI is InChI=1S/C21H30N4O5/c1-15(11-23-20(29)30-14-16-7-5-4-6-8-16)9-10-17(26)22-12-19(28)25-13-18(27)24-21(25,2)3/h4-8,15H,9-14H2,1-3H3,(H,22,26)(H,23,29)(H,24,27). The predicted octanol–water partition coefficient (Wildman–Crippen LogP) is 1.14. The Morgan fingerprint density at radius 3 is 2.53 bits per heavy atom. The Hall–Kier alpha value is -3.10. The third-order valence-electron chi connectivity index (χ3n) is 4.83. The lowest BCUT2D eigenvalue weighted by atomic mass is 10.1. The van der Waals surface area contributed by atoms with E-state index in [1.54, 1.807) is 13.8 Å². The Morgan fingerprint density at radius 2 is 1.90 bits per heavy atom. The van der Waals surface area contributed by atoms with Crippen LogP contribution >= 0.6 is 0 Å². The summed E-state index contributed by atoms with van der Waals surface area (Å²) in [4.78, 5) is 48.9. The van der Waals surface area contributed by atoms with E-state index in [1.807, 2.05) is 37.3 Å². The van der Waals surface area contributed by atoms with Crippen LogP contribution < -0.4 is 16.0 Å². The van der Waals surface area contributed by atoms with Gasteiger partial charge in [-0.15, -0.1) is 0 Å². The fraction of sp³-hybridized carbons (Fsp3) is 0.524. The van der Waals surface area contributed by atoms with Crippen LogP contribution in [0.25, 0.3) is 0 Å². The van der Waals surface area contributed by atoms with Crippen LogP contribution in [0.4, 0.5) is 4.79 Å². The first kappa shape index (κ1) is 23.2. The van der Waals surface area contributed by atoms with Crippen molar-refractivity contribution in [1.82, 2.24) is 20.9 Å². The van der Waals surface area contributed by atoms with Gasteiger partial charge in [0.15, 0.2) is 0 Å². The van der Waals surface area contributed by atoms with Crippen LogP contribution in [0, 0.1) is 5.92 Å². The zero-order valence-corrected chi connectivity index (χ0v) is 17.7. The maximum Gasteiger partial charge on any atom is 0.407 e. The number of amides is 4. The molecule has 1 heterocycles. The van der Waals surface area contributed by atoms with Crippen molar-refractivity contribution in [3.8, 4) is 0 Å². The van der Waals surface area contributed by atoms with Crippen molar-refractivity contribution in [2.45, 2.75) is 45.9 Å². The molecule has 30 heavy (non-hydrogen) atoms. The monoisotopic (exact) mass is 418 g/mol. The molecule has 0 aromatic heterocycles. The smallest absolute Gasteiger partial charge is 0.407 e. The van der Waals surface area contributed by atoms with Gasteiger partial charge in [-0.1, -0.05) is 37.3 Å². The highest BCUT2D eigenvalue weighted by Crippen LogP contribution is 2.16. The molecule has 4 amide bonds. The number of hydrogen-bond donors (Lipinski definition) is 3. The zero-order chi connectivity index (χ0) is 22.1. The van der Waals surface area contributed by atoms with Crippen LogP contribution in [0.5, 0.6) is 0 Å². The topological polar surface area (TPSA) is 117 Å². The van der Waals surface area contributed by atoms with Gasteiger partial charge in [0, 0.05) is 13.0 Å². The molecule has 1 aliphatic heterocycles. The van der Waals surface area contributed by atoms with E-state index in [9.17, 15) is 19.2 Å². The zero-order valence-electron chi connectivity index (χ0n) is 17.7. The third-order valence-corrected chi connectivity index (χ3v) is 4.83. The number of hydrogen-bond acceptors (Lipinski definition) is 5. The minimum atomic E-state index is -0.756. The summed E-state index contributed by atoms with van der Waals surface area (Å²) in [5, 5.41) is 7.98. The average molecular weight is 418 g/mol. The van der Waals surface area contributed by atoms with Gasteiger partial charge in [-0.05, 0) is 31.7 Å². The molecule has 164 valence electrons. The molecule has 0 radical (unpaired) electrons. The molecule has 0 saturated carbocycles. The van der Waals surface area contributed by atoms with E-state index in [0.29, 0.717) is 13.0 Å². The summed E-state index contributed by atoms with van der Waals surface area (Å²) in [6.45, 7) is 5.80. The molecular formula is C21H30N4O5. The van der Waals surface area contributed by atoms with Crippen LogP contribution in [0.15, 0.2) is 30.3 Å². The quantitative estimate of drug-likeness (QED) is 0.556. The van der Waals surface area contributed by atoms with Gasteiger partial charge >= 0.3 is 6.09 Å². The summed E-state index contributed by atoms with van der Waals surface area (Å²) >= 11 is 0. The third kappa shape index (κ3) is 7.38. The Labute approximate surface area is 176 Å². The summed E-state index contributed by atoms with van der Waals surface area (Å²) in [6, 6.07) is 9.39. The second-order valence-corrected chi connectivity index (χ2v) is 7.95. The van der Waals surface area contributed by atoms with Crippen molar-refractivity contribution >= 4 is 23.8 Å². The van der Waals surface area contributed by atoms with E-state index >= 15 is 0 Å². The second-order valence-electron chi connectivity index (χ2n) is 7.95. The van der Waals surface area contributed by atoms with Crippen molar-refractivity contribution < 1.29 is 23.9 Å². The molecule has 1 fully saturated rings. The molecule has 9 heteroatoms. The van der Waals surface area contributed by atoms with Gasteiger partial charge in [-0.25, -0.2) is 4.79 Å². The summed E-state index contributed by atoms with van der Waals surface area (Å²) in [7, 11) is 0. The second kappa shape index (κ2) is 10.6. The Balaban J connectivity index is 1.59. The van der Waals surface area contributed by atoms with Crippen molar-refractivity contribution in [1.29, 1.82) is 0 Å². The molecule has 2 rings (SSSR count). The van der Waals surface area contributed by atoms with E-state index in [4.69, 9.17) is 4.74 Å². The van der Waals surface area contributed by atoms with E-state index in [0.717, 1.165) is 5.56 Å². The van der Waals surface area contributed by atoms with Crippen LogP contribution in [-0.4, -0.2) is 54.0 Å². The van der Waals surface area contributed by atoms with Gasteiger partial charge in [-0.3, -0.25) is 14.4 Å². The summed E-state index contributed by atoms with van der Waals surface area (Å²) in [5.41, 5.74) is 0.151. The maximum absolute atomic E-state index is 12.2. The number of carbonyl (C=O) groups is 4. The van der Waals surface area contributed by atoms with E-state index in [2.05, 4.69) is 16.0 Å². The number of carbonyl (C=O) groups excluding carboxylic acids is 4. The lowest BCUT2D eigenvalue weighted by molar-refractivity contribution is -0.136. The van der Waals surface area contributed by atoms with Crippen LogP contribution in [-0.2, 0) is 25.7 Å². The molecule has 1 unspecified atom stereocenters. The van der Waals surface area contributed by atoms with Crippen LogP contribution in [0.2, 0.25) is 0 Å². The molecule has 0 aliphatic carbocycles.